The predicted octanol–water partition coefficient (Wildman–Crippen LogP) is 2.69. The van der Waals surface area contributed by atoms with E-state index in [1.54, 1.807) is 25.1 Å². The van der Waals surface area contributed by atoms with Crippen LogP contribution in [0.15, 0.2) is 47.4 Å². The van der Waals surface area contributed by atoms with E-state index < -0.39 is 28.5 Å². The van der Waals surface area contributed by atoms with Crippen LogP contribution in [0.2, 0.25) is 5.02 Å². The highest BCUT2D eigenvalue weighted by Crippen LogP contribution is 2.22. The van der Waals surface area contributed by atoms with Crippen LogP contribution in [0.1, 0.15) is 15.9 Å². The second kappa shape index (κ2) is 8.51. The quantitative estimate of drug-likeness (QED) is 0.739. The number of ether oxygens (including phenoxy) is 1. The monoisotopic (exact) mass is 410 g/mol. The Morgan fingerprint density at radius 3 is 2.48 bits per heavy atom. The highest BCUT2D eigenvalue weighted by molar-refractivity contribution is 7.89. The molecule has 2 aromatic rings. The average Bonchev–Trinajstić information content (AvgIpc) is 2.63. The summed E-state index contributed by atoms with van der Waals surface area (Å²) in [6.45, 7) is 1.23. The van der Waals surface area contributed by atoms with Crippen molar-refractivity contribution >= 4 is 39.2 Å². The Labute approximate surface area is 162 Å². The molecular weight excluding hydrogens is 392 g/mol. The number of carbonyl (C=O) groups is 2. The molecule has 27 heavy (non-hydrogen) atoms. The van der Waals surface area contributed by atoms with Crippen molar-refractivity contribution in [3.63, 3.8) is 0 Å². The van der Waals surface area contributed by atoms with E-state index in [1.165, 1.54) is 38.4 Å². The number of carbonyl (C=O) groups excluding carboxylic acids is 2. The van der Waals surface area contributed by atoms with Gasteiger partial charge in [0.2, 0.25) is 10.0 Å². The van der Waals surface area contributed by atoms with Crippen LogP contribution in [0, 0.1) is 6.92 Å². The number of benzene rings is 2. The third kappa shape index (κ3) is 5.06. The Morgan fingerprint density at radius 2 is 1.81 bits per heavy atom. The maximum absolute atomic E-state index is 12.1. The van der Waals surface area contributed by atoms with Crippen molar-refractivity contribution in [2.24, 2.45) is 0 Å². The highest BCUT2D eigenvalue weighted by Gasteiger charge is 2.19. The maximum Gasteiger partial charge on any atom is 0.338 e. The molecule has 0 aliphatic heterocycles. The van der Waals surface area contributed by atoms with Gasteiger partial charge in [-0.2, -0.15) is 0 Å². The fraction of sp³-hybridized carbons (Fsp3) is 0.222. The van der Waals surface area contributed by atoms with E-state index >= 15 is 0 Å². The lowest BCUT2D eigenvalue weighted by atomic mass is 10.2. The third-order valence-electron chi connectivity index (χ3n) is 3.72. The van der Waals surface area contributed by atoms with Crippen molar-refractivity contribution in [2.75, 3.05) is 26.0 Å². The first kappa shape index (κ1) is 20.9. The Hall–Kier alpha value is -2.42. The predicted molar refractivity (Wildman–Crippen MR) is 102 cm³/mol. The average molecular weight is 411 g/mol. The topological polar surface area (TPSA) is 92.8 Å². The first-order valence-electron chi connectivity index (χ1n) is 7.87. The number of rotatable bonds is 6. The van der Waals surface area contributed by atoms with Gasteiger partial charge in [-0.3, -0.25) is 4.79 Å². The lowest BCUT2D eigenvalue weighted by molar-refractivity contribution is -0.119. The SMILES string of the molecule is Cc1c(Cl)cccc1NC(=O)COC(=O)c1cccc(S(=O)(=O)N(C)C)c1. The van der Waals surface area contributed by atoms with Crippen LogP contribution < -0.4 is 5.32 Å². The largest absolute Gasteiger partial charge is 0.452 e. The minimum Gasteiger partial charge on any atom is -0.452 e. The smallest absolute Gasteiger partial charge is 0.338 e. The van der Waals surface area contributed by atoms with Gasteiger partial charge in [0.25, 0.3) is 5.91 Å². The Bertz CT molecular complexity index is 973. The number of hydrogen-bond acceptors (Lipinski definition) is 5. The van der Waals surface area contributed by atoms with Crippen molar-refractivity contribution < 1.29 is 22.7 Å². The van der Waals surface area contributed by atoms with Gasteiger partial charge < -0.3 is 10.1 Å². The van der Waals surface area contributed by atoms with Crippen LogP contribution in [0.5, 0.6) is 0 Å². The van der Waals surface area contributed by atoms with E-state index in [1.807, 2.05) is 0 Å². The lowest BCUT2D eigenvalue weighted by Gasteiger charge is -2.12. The maximum atomic E-state index is 12.1. The number of halogens is 1. The molecule has 1 N–H and O–H groups in total. The molecule has 2 aromatic carbocycles. The van der Waals surface area contributed by atoms with Crippen LogP contribution in [-0.4, -0.2) is 45.3 Å². The van der Waals surface area contributed by atoms with Gasteiger partial charge in [-0.1, -0.05) is 23.7 Å². The number of sulfonamides is 1. The van der Waals surface area contributed by atoms with Gasteiger partial charge in [0, 0.05) is 24.8 Å². The first-order chi connectivity index (χ1) is 12.6. The number of esters is 1. The molecule has 0 atom stereocenters. The molecule has 0 unspecified atom stereocenters. The molecule has 0 saturated heterocycles. The fourth-order valence-electron chi connectivity index (χ4n) is 2.14. The molecule has 0 saturated carbocycles. The van der Waals surface area contributed by atoms with Gasteiger partial charge >= 0.3 is 5.97 Å². The van der Waals surface area contributed by atoms with E-state index in [0.717, 1.165) is 4.31 Å². The molecule has 0 aliphatic rings. The summed E-state index contributed by atoms with van der Waals surface area (Å²) in [5, 5.41) is 3.11. The van der Waals surface area contributed by atoms with Crippen LogP contribution in [-0.2, 0) is 19.6 Å². The molecule has 1 amide bonds. The Kier molecular flexibility index (Phi) is 6.59. The van der Waals surface area contributed by atoms with Crippen LogP contribution in [0.3, 0.4) is 0 Å². The number of nitrogens with one attached hydrogen (secondary N) is 1. The summed E-state index contributed by atoms with van der Waals surface area (Å²) < 4.78 is 30.3. The number of nitrogens with zero attached hydrogens (tertiary/aromatic N) is 1. The molecule has 0 heterocycles. The van der Waals surface area contributed by atoms with Gasteiger partial charge in [-0.25, -0.2) is 17.5 Å². The van der Waals surface area contributed by atoms with Gasteiger partial charge in [0.15, 0.2) is 6.61 Å². The third-order valence-corrected chi connectivity index (χ3v) is 5.95. The van der Waals surface area contributed by atoms with Gasteiger partial charge in [0.1, 0.15) is 0 Å². The molecule has 144 valence electrons. The summed E-state index contributed by atoms with van der Waals surface area (Å²) in [6.07, 6.45) is 0. The van der Waals surface area contributed by atoms with Crippen LogP contribution in [0.25, 0.3) is 0 Å². The molecule has 0 radical (unpaired) electrons. The second-order valence-electron chi connectivity index (χ2n) is 5.85. The first-order valence-corrected chi connectivity index (χ1v) is 9.69. The van der Waals surface area contributed by atoms with E-state index in [-0.39, 0.29) is 10.5 Å². The molecule has 0 spiro atoms. The summed E-state index contributed by atoms with van der Waals surface area (Å²) in [7, 11) is -0.897. The Morgan fingerprint density at radius 1 is 1.15 bits per heavy atom. The van der Waals surface area contributed by atoms with Gasteiger partial charge in [-0.15, -0.1) is 0 Å². The zero-order chi connectivity index (χ0) is 20.2. The van der Waals surface area contributed by atoms with Crippen LogP contribution >= 0.6 is 11.6 Å². The standard InChI is InChI=1S/C18H19ClN2O5S/c1-12-15(19)8-5-9-16(12)20-17(22)11-26-18(23)13-6-4-7-14(10-13)27(24,25)21(2)3/h4-10H,11H2,1-3H3,(H,20,22). The molecule has 0 aromatic heterocycles. The molecule has 9 heteroatoms. The molecular formula is C18H19ClN2O5S. The molecule has 0 bridgehead atoms. The van der Waals surface area contributed by atoms with E-state index in [0.29, 0.717) is 16.3 Å². The van der Waals surface area contributed by atoms with Crippen molar-refractivity contribution in [3.05, 3.63) is 58.6 Å². The molecule has 0 fully saturated rings. The summed E-state index contributed by atoms with van der Waals surface area (Å²) in [5.41, 5.74) is 1.24. The van der Waals surface area contributed by atoms with Crippen molar-refractivity contribution in [1.82, 2.24) is 4.31 Å². The Balaban J connectivity index is 2.04. The van der Waals surface area contributed by atoms with Gasteiger partial charge in [0.05, 0.1) is 10.5 Å². The van der Waals surface area contributed by atoms with Crippen LogP contribution in [0.4, 0.5) is 5.69 Å². The molecule has 2 rings (SSSR count). The summed E-state index contributed by atoms with van der Waals surface area (Å²) >= 11 is 5.99. The number of anilines is 1. The summed E-state index contributed by atoms with van der Waals surface area (Å²) in [5.74, 6) is -1.34. The summed E-state index contributed by atoms with van der Waals surface area (Å²) in [6, 6.07) is 10.5. The number of amides is 1. The minimum atomic E-state index is -3.68. The molecule has 0 aliphatic carbocycles. The zero-order valence-electron chi connectivity index (χ0n) is 15.0. The van der Waals surface area contributed by atoms with Gasteiger partial charge in [-0.05, 0) is 42.8 Å². The van der Waals surface area contributed by atoms with Crippen molar-refractivity contribution in [3.8, 4) is 0 Å². The fourth-order valence-corrected chi connectivity index (χ4v) is 3.26. The van der Waals surface area contributed by atoms with E-state index in [9.17, 15) is 18.0 Å². The highest BCUT2D eigenvalue weighted by atomic mass is 35.5. The van der Waals surface area contributed by atoms with Crippen molar-refractivity contribution in [1.29, 1.82) is 0 Å². The van der Waals surface area contributed by atoms with E-state index in [4.69, 9.17) is 16.3 Å². The minimum absolute atomic E-state index is 0.0321. The summed E-state index contributed by atoms with van der Waals surface area (Å²) in [4.78, 5) is 24.1. The zero-order valence-corrected chi connectivity index (χ0v) is 16.6. The normalized spacial score (nSPS) is 11.3. The van der Waals surface area contributed by atoms with Crippen molar-refractivity contribution in [2.45, 2.75) is 11.8 Å². The second-order valence-corrected chi connectivity index (χ2v) is 8.41. The lowest BCUT2D eigenvalue weighted by Crippen LogP contribution is -2.23. The molecule has 7 nitrogen and oxygen atoms in total. The van der Waals surface area contributed by atoms with E-state index in [2.05, 4.69) is 5.32 Å². The number of hydrogen-bond donors (Lipinski definition) is 1.